The van der Waals surface area contributed by atoms with Crippen LogP contribution in [0.15, 0.2) is 45.8 Å². The van der Waals surface area contributed by atoms with Crippen molar-refractivity contribution in [1.29, 1.82) is 0 Å². The first-order chi connectivity index (χ1) is 9.70. The Labute approximate surface area is 140 Å². The van der Waals surface area contributed by atoms with Crippen molar-refractivity contribution < 1.29 is 12.8 Å². The number of hydrogen-bond donors (Lipinski definition) is 0. The summed E-state index contributed by atoms with van der Waals surface area (Å²) in [7, 11) is -3.35. The molecule has 0 spiro atoms. The molecule has 0 fully saturated rings. The van der Waals surface area contributed by atoms with Crippen LogP contribution in [0.3, 0.4) is 0 Å². The first-order valence-electron chi connectivity index (χ1n) is 5.78. The van der Waals surface area contributed by atoms with Crippen molar-refractivity contribution in [1.82, 2.24) is 0 Å². The fraction of sp³-hybridized carbons (Fsp3) is 0.143. The summed E-state index contributed by atoms with van der Waals surface area (Å²) in [6.45, 7) is 0. The Morgan fingerprint density at radius 3 is 2.52 bits per heavy atom. The highest BCUT2D eigenvalue weighted by molar-refractivity contribution is 9.10. The highest BCUT2D eigenvalue weighted by Gasteiger charge is 2.19. The molecule has 0 aliphatic rings. The molecule has 2 aromatic carbocycles. The maximum absolute atomic E-state index is 14.0. The van der Waals surface area contributed by atoms with Gasteiger partial charge in [0.05, 0.1) is 15.3 Å². The number of hydrogen-bond acceptors (Lipinski definition) is 2. The smallest absolute Gasteiger partial charge is 0.175 e. The molecule has 0 saturated carbocycles. The lowest BCUT2D eigenvalue weighted by Gasteiger charge is -2.13. The van der Waals surface area contributed by atoms with Crippen LogP contribution in [0.5, 0.6) is 0 Å². The van der Waals surface area contributed by atoms with E-state index in [0.717, 1.165) is 6.26 Å². The van der Waals surface area contributed by atoms with E-state index in [-0.39, 0.29) is 10.5 Å². The van der Waals surface area contributed by atoms with Crippen LogP contribution in [0.4, 0.5) is 4.39 Å². The van der Waals surface area contributed by atoms with E-state index in [1.54, 1.807) is 12.1 Å². The van der Waals surface area contributed by atoms with Gasteiger partial charge in [0.15, 0.2) is 9.84 Å². The third-order valence-corrected chi connectivity index (χ3v) is 5.69. The van der Waals surface area contributed by atoms with Crippen LogP contribution < -0.4 is 0 Å². The minimum absolute atomic E-state index is 0.134. The molecule has 0 radical (unpaired) electrons. The van der Waals surface area contributed by atoms with Gasteiger partial charge in [-0.05, 0) is 45.8 Å². The standard InChI is InChI=1S/C14H10BrCl2FO2S/c1-21(19,20)9-4-2-3-8(5-9)14(17)10-6-12(16)11(15)7-13(10)18/h2-7,14H,1H3. The fourth-order valence-corrected chi connectivity index (χ4v) is 3.28. The number of halogens is 4. The van der Waals surface area contributed by atoms with Crippen LogP contribution in [-0.4, -0.2) is 14.7 Å². The number of rotatable bonds is 3. The van der Waals surface area contributed by atoms with Crippen molar-refractivity contribution in [2.45, 2.75) is 10.3 Å². The summed E-state index contributed by atoms with van der Waals surface area (Å²) in [5.41, 5.74) is 0.674. The van der Waals surface area contributed by atoms with Crippen molar-refractivity contribution >= 4 is 49.0 Å². The molecular formula is C14H10BrCl2FO2S. The van der Waals surface area contributed by atoms with Gasteiger partial charge in [0, 0.05) is 16.3 Å². The minimum atomic E-state index is -3.35. The van der Waals surface area contributed by atoms with E-state index < -0.39 is 21.0 Å². The summed E-state index contributed by atoms with van der Waals surface area (Å²) in [6.07, 6.45) is 1.10. The minimum Gasteiger partial charge on any atom is -0.224 e. The van der Waals surface area contributed by atoms with E-state index in [0.29, 0.717) is 15.1 Å². The molecule has 0 saturated heterocycles. The Hall–Kier alpha value is -0.620. The van der Waals surface area contributed by atoms with Crippen LogP contribution in [-0.2, 0) is 9.84 Å². The van der Waals surface area contributed by atoms with E-state index in [1.807, 2.05) is 0 Å². The molecule has 0 heterocycles. The van der Waals surface area contributed by atoms with E-state index in [9.17, 15) is 12.8 Å². The molecule has 1 unspecified atom stereocenters. The SMILES string of the molecule is CS(=O)(=O)c1cccc(C(Cl)c2cc(Cl)c(Br)cc2F)c1. The molecule has 2 rings (SSSR count). The molecule has 1 atom stereocenters. The molecule has 21 heavy (non-hydrogen) atoms. The zero-order valence-corrected chi connectivity index (χ0v) is 14.7. The van der Waals surface area contributed by atoms with Crippen molar-refractivity contribution in [2.24, 2.45) is 0 Å². The summed E-state index contributed by atoms with van der Waals surface area (Å²) < 4.78 is 37.6. The molecule has 0 amide bonds. The predicted molar refractivity (Wildman–Crippen MR) is 86.4 cm³/mol. The molecule has 2 aromatic rings. The van der Waals surface area contributed by atoms with Crippen LogP contribution in [0.1, 0.15) is 16.5 Å². The summed E-state index contributed by atoms with van der Waals surface area (Å²) in [5.74, 6) is -0.518. The topological polar surface area (TPSA) is 34.1 Å². The summed E-state index contributed by atoms with van der Waals surface area (Å²) in [5, 5.41) is -0.506. The van der Waals surface area contributed by atoms with Crippen LogP contribution in [0, 0.1) is 5.82 Å². The molecule has 0 N–H and O–H groups in total. The van der Waals surface area contributed by atoms with Gasteiger partial charge in [-0.15, -0.1) is 11.6 Å². The molecule has 112 valence electrons. The molecule has 2 nitrogen and oxygen atoms in total. The zero-order chi connectivity index (χ0) is 15.8. The maximum Gasteiger partial charge on any atom is 0.175 e. The lowest BCUT2D eigenvalue weighted by atomic mass is 10.0. The number of benzene rings is 2. The van der Waals surface area contributed by atoms with Crippen molar-refractivity contribution in [2.75, 3.05) is 6.26 Å². The van der Waals surface area contributed by atoms with Gasteiger partial charge in [-0.1, -0.05) is 23.7 Å². The monoisotopic (exact) mass is 410 g/mol. The van der Waals surface area contributed by atoms with Gasteiger partial charge in [0.1, 0.15) is 5.82 Å². The normalized spacial score (nSPS) is 13.2. The van der Waals surface area contributed by atoms with E-state index in [1.165, 1.54) is 24.3 Å². The first kappa shape index (κ1) is 16.7. The molecular weight excluding hydrogens is 402 g/mol. The Bertz CT molecular complexity index is 794. The second-order valence-corrected chi connectivity index (χ2v) is 8.21. The second kappa shape index (κ2) is 6.24. The molecule has 0 aliphatic heterocycles. The lowest BCUT2D eigenvalue weighted by Crippen LogP contribution is -2.01. The largest absolute Gasteiger partial charge is 0.224 e. The van der Waals surface area contributed by atoms with Crippen molar-refractivity contribution in [3.63, 3.8) is 0 Å². The molecule has 0 aromatic heterocycles. The Morgan fingerprint density at radius 2 is 1.90 bits per heavy atom. The maximum atomic E-state index is 14.0. The zero-order valence-electron chi connectivity index (χ0n) is 10.8. The number of alkyl halides is 1. The fourth-order valence-electron chi connectivity index (χ4n) is 1.81. The first-order valence-corrected chi connectivity index (χ1v) is 9.28. The van der Waals surface area contributed by atoms with Gasteiger partial charge < -0.3 is 0 Å². The van der Waals surface area contributed by atoms with Gasteiger partial charge in [-0.3, -0.25) is 0 Å². The van der Waals surface area contributed by atoms with Crippen LogP contribution in [0.25, 0.3) is 0 Å². The Morgan fingerprint density at radius 1 is 1.24 bits per heavy atom. The van der Waals surface area contributed by atoms with Gasteiger partial charge >= 0.3 is 0 Å². The van der Waals surface area contributed by atoms with Gasteiger partial charge in [0.2, 0.25) is 0 Å². The van der Waals surface area contributed by atoms with Gasteiger partial charge in [0.25, 0.3) is 0 Å². The average molecular weight is 412 g/mol. The Kier molecular flexibility index (Phi) is 4.98. The second-order valence-electron chi connectivity index (χ2n) is 4.50. The van der Waals surface area contributed by atoms with Crippen LogP contribution in [0.2, 0.25) is 5.02 Å². The van der Waals surface area contributed by atoms with Crippen molar-refractivity contribution in [3.8, 4) is 0 Å². The molecule has 0 bridgehead atoms. The summed E-state index contributed by atoms with van der Waals surface area (Å²) in [6, 6.07) is 8.76. The van der Waals surface area contributed by atoms with E-state index in [4.69, 9.17) is 23.2 Å². The summed E-state index contributed by atoms with van der Waals surface area (Å²) >= 11 is 15.4. The highest BCUT2D eigenvalue weighted by atomic mass is 79.9. The van der Waals surface area contributed by atoms with Gasteiger partial charge in [-0.2, -0.15) is 0 Å². The van der Waals surface area contributed by atoms with Gasteiger partial charge in [-0.25, -0.2) is 12.8 Å². The Balaban J connectivity index is 2.50. The molecule has 0 aliphatic carbocycles. The van der Waals surface area contributed by atoms with Crippen LogP contribution >= 0.6 is 39.1 Å². The number of sulfone groups is 1. The summed E-state index contributed by atoms with van der Waals surface area (Å²) in [4.78, 5) is 0.134. The van der Waals surface area contributed by atoms with E-state index in [2.05, 4.69) is 15.9 Å². The third kappa shape index (κ3) is 3.77. The highest BCUT2D eigenvalue weighted by Crippen LogP contribution is 2.35. The van der Waals surface area contributed by atoms with Crippen molar-refractivity contribution in [3.05, 3.63) is 62.8 Å². The predicted octanol–water partition coefficient (Wildman–Crippen LogP) is 4.97. The quantitative estimate of drug-likeness (QED) is 0.527. The third-order valence-electron chi connectivity index (χ3n) is 2.89. The average Bonchev–Trinajstić information content (AvgIpc) is 2.41. The lowest BCUT2D eigenvalue weighted by molar-refractivity contribution is 0.601. The van der Waals surface area contributed by atoms with E-state index >= 15 is 0 Å². The molecule has 7 heteroatoms.